The molecule has 7 heteroatoms. The molecular weight excluding hydrogens is 274 g/mol. The van der Waals surface area contributed by atoms with Crippen LogP contribution in [-0.2, 0) is 4.74 Å². The smallest absolute Gasteiger partial charge is 0.408 e. The van der Waals surface area contributed by atoms with E-state index in [9.17, 15) is 4.79 Å². The third kappa shape index (κ3) is 5.21. The monoisotopic (exact) mass is 295 g/mol. The van der Waals surface area contributed by atoms with Gasteiger partial charge in [0.15, 0.2) is 5.84 Å². The van der Waals surface area contributed by atoms with Crippen LogP contribution in [0.3, 0.4) is 0 Å². The van der Waals surface area contributed by atoms with Crippen molar-refractivity contribution in [2.45, 2.75) is 32.4 Å². The Bertz CT molecular complexity index is 506. The fourth-order valence-electron chi connectivity index (χ4n) is 1.61. The number of carbonyl (C=O) groups is 1. The molecule has 1 aromatic carbocycles. The molecule has 1 aromatic rings. The van der Waals surface area contributed by atoms with Crippen LogP contribution in [0.15, 0.2) is 29.4 Å². The normalized spacial score (nSPS) is 13.4. The maximum Gasteiger partial charge on any atom is 0.408 e. The number of oxime groups is 1. The Morgan fingerprint density at radius 1 is 1.33 bits per heavy atom. The lowest BCUT2D eigenvalue weighted by Gasteiger charge is -2.23. The minimum Gasteiger partial charge on any atom is -0.497 e. The number of benzene rings is 1. The summed E-state index contributed by atoms with van der Waals surface area (Å²) in [7, 11) is 1.55. The summed E-state index contributed by atoms with van der Waals surface area (Å²) in [6.07, 6.45) is -0.657. The van der Waals surface area contributed by atoms with E-state index in [1.54, 1.807) is 52.1 Å². The van der Waals surface area contributed by atoms with Gasteiger partial charge in [0.1, 0.15) is 17.4 Å². The molecule has 0 spiro atoms. The molecule has 0 fully saturated rings. The quantitative estimate of drug-likeness (QED) is 0.341. The molecule has 0 bridgehead atoms. The first-order chi connectivity index (χ1) is 9.76. The number of hydrogen-bond acceptors (Lipinski definition) is 5. The van der Waals surface area contributed by atoms with Crippen LogP contribution in [0.1, 0.15) is 32.4 Å². The fourth-order valence-corrected chi connectivity index (χ4v) is 1.61. The van der Waals surface area contributed by atoms with Crippen molar-refractivity contribution in [2.24, 2.45) is 10.9 Å². The fraction of sp³-hybridized carbons (Fsp3) is 0.429. The van der Waals surface area contributed by atoms with E-state index >= 15 is 0 Å². The number of rotatable bonds is 4. The summed E-state index contributed by atoms with van der Waals surface area (Å²) in [4.78, 5) is 11.8. The SMILES string of the molecule is COc1ccc(C(NC(=O)OC(C)(C)C)C(N)=NO)cc1. The Morgan fingerprint density at radius 2 is 1.90 bits per heavy atom. The van der Waals surface area contributed by atoms with E-state index in [4.69, 9.17) is 20.4 Å². The Morgan fingerprint density at radius 3 is 2.33 bits per heavy atom. The van der Waals surface area contributed by atoms with Crippen LogP contribution in [-0.4, -0.2) is 29.8 Å². The van der Waals surface area contributed by atoms with Crippen LogP contribution >= 0.6 is 0 Å². The van der Waals surface area contributed by atoms with Crippen molar-refractivity contribution < 1.29 is 19.5 Å². The zero-order valence-electron chi connectivity index (χ0n) is 12.6. The third-order valence-electron chi connectivity index (χ3n) is 2.52. The van der Waals surface area contributed by atoms with Crippen molar-refractivity contribution in [3.05, 3.63) is 29.8 Å². The van der Waals surface area contributed by atoms with Gasteiger partial charge in [-0.15, -0.1) is 0 Å². The number of methoxy groups -OCH3 is 1. The lowest BCUT2D eigenvalue weighted by Crippen LogP contribution is -2.40. The largest absolute Gasteiger partial charge is 0.497 e. The summed E-state index contributed by atoms with van der Waals surface area (Å²) in [6, 6.07) is 6.04. The van der Waals surface area contributed by atoms with Crippen molar-refractivity contribution in [3.63, 3.8) is 0 Å². The standard InChI is InChI=1S/C14H21N3O4/c1-14(2,3)21-13(18)16-11(12(15)17-19)9-5-7-10(20-4)8-6-9/h5-8,11,19H,1-4H3,(H2,15,17)(H,16,18). The molecular formula is C14H21N3O4. The molecule has 0 heterocycles. The molecule has 0 saturated carbocycles. The van der Waals surface area contributed by atoms with Crippen LogP contribution in [0.4, 0.5) is 4.79 Å². The molecule has 1 amide bonds. The van der Waals surface area contributed by atoms with Gasteiger partial charge in [0.05, 0.1) is 7.11 Å². The minimum absolute atomic E-state index is 0.147. The summed E-state index contributed by atoms with van der Waals surface area (Å²) < 4.78 is 10.2. The van der Waals surface area contributed by atoms with Gasteiger partial charge in [0.25, 0.3) is 0 Å². The average Bonchev–Trinajstić information content (AvgIpc) is 2.42. The second-order valence-corrected chi connectivity index (χ2v) is 5.38. The van der Waals surface area contributed by atoms with Crippen LogP contribution in [0.25, 0.3) is 0 Å². The van der Waals surface area contributed by atoms with Crippen molar-refractivity contribution >= 4 is 11.9 Å². The number of amides is 1. The molecule has 1 unspecified atom stereocenters. The Hall–Kier alpha value is -2.44. The molecule has 7 nitrogen and oxygen atoms in total. The highest BCUT2D eigenvalue weighted by Crippen LogP contribution is 2.19. The maximum atomic E-state index is 11.8. The summed E-state index contributed by atoms with van der Waals surface area (Å²) >= 11 is 0. The van der Waals surface area contributed by atoms with Gasteiger partial charge in [0, 0.05) is 0 Å². The topological polar surface area (TPSA) is 106 Å². The number of nitrogens with one attached hydrogen (secondary N) is 1. The number of amidine groups is 1. The Labute approximate surface area is 123 Å². The molecule has 1 rings (SSSR count). The van der Waals surface area contributed by atoms with Crippen molar-refractivity contribution in [1.82, 2.24) is 5.32 Å². The summed E-state index contributed by atoms with van der Waals surface area (Å²) in [5, 5.41) is 14.4. The molecule has 0 saturated heterocycles. The summed E-state index contributed by atoms with van der Waals surface area (Å²) in [6.45, 7) is 5.25. The van der Waals surface area contributed by atoms with Gasteiger partial charge in [-0.3, -0.25) is 0 Å². The van der Waals surface area contributed by atoms with Crippen molar-refractivity contribution in [3.8, 4) is 5.75 Å². The average molecular weight is 295 g/mol. The van der Waals surface area contributed by atoms with E-state index in [0.29, 0.717) is 11.3 Å². The first-order valence-electron chi connectivity index (χ1n) is 6.37. The van der Waals surface area contributed by atoms with E-state index in [2.05, 4.69) is 10.5 Å². The molecule has 0 radical (unpaired) electrons. The predicted octanol–water partition coefficient (Wildman–Crippen LogP) is 2.01. The zero-order chi connectivity index (χ0) is 16.0. The lowest BCUT2D eigenvalue weighted by atomic mass is 10.1. The number of nitrogens with two attached hydrogens (primary N) is 1. The van der Waals surface area contributed by atoms with E-state index in [1.165, 1.54) is 0 Å². The first-order valence-corrected chi connectivity index (χ1v) is 6.37. The number of alkyl carbamates (subject to hydrolysis) is 1. The van der Waals surface area contributed by atoms with E-state index < -0.39 is 17.7 Å². The molecule has 0 aromatic heterocycles. The second kappa shape index (κ2) is 6.83. The van der Waals surface area contributed by atoms with E-state index in [0.717, 1.165) is 0 Å². The van der Waals surface area contributed by atoms with Gasteiger partial charge >= 0.3 is 6.09 Å². The zero-order valence-corrected chi connectivity index (χ0v) is 12.6. The van der Waals surface area contributed by atoms with Gasteiger partial charge in [-0.1, -0.05) is 17.3 Å². The highest BCUT2D eigenvalue weighted by molar-refractivity contribution is 5.89. The molecule has 4 N–H and O–H groups in total. The Kier molecular flexibility index (Phi) is 5.40. The van der Waals surface area contributed by atoms with E-state index in [1.807, 2.05) is 0 Å². The van der Waals surface area contributed by atoms with Gasteiger partial charge in [-0.2, -0.15) is 0 Å². The van der Waals surface area contributed by atoms with Crippen molar-refractivity contribution in [2.75, 3.05) is 7.11 Å². The second-order valence-electron chi connectivity index (χ2n) is 5.38. The number of hydrogen-bond donors (Lipinski definition) is 3. The minimum atomic E-state index is -0.796. The predicted molar refractivity (Wildman–Crippen MR) is 78.5 cm³/mol. The highest BCUT2D eigenvalue weighted by atomic mass is 16.6. The molecule has 0 aliphatic carbocycles. The molecule has 0 aliphatic rings. The number of nitrogens with zero attached hydrogens (tertiary/aromatic N) is 1. The number of ether oxygens (including phenoxy) is 2. The van der Waals surface area contributed by atoms with Crippen LogP contribution in [0.2, 0.25) is 0 Å². The van der Waals surface area contributed by atoms with Gasteiger partial charge < -0.3 is 25.7 Å². The third-order valence-corrected chi connectivity index (χ3v) is 2.52. The summed E-state index contributed by atoms with van der Waals surface area (Å²) in [5.74, 6) is 0.514. The maximum absolute atomic E-state index is 11.8. The van der Waals surface area contributed by atoms with Crippen molar-refractivity contribution in [1.29, 1.82) is 0 Å². The molecule has 0 aliphatic heterocycles. The van der Waals surface area contributed by atoms with Gasteiger partial charge in [-0.05, 0) is 38.5 Å². The van der Waals surface area contributed by atoms with Crippen LogP contribution in [0, 0.1) is 0 Å². The highest BCUT2D eigenvalue weighted by Gasteiger charge is 2.23. The molecule has 21 heavy (non-hydrogen) atoms. The van der Waals surface area contributed by atoms with Crippen LogP contribution in [0.5, 0.6) is 5.75 Å². The van der Waals surface area contributed by atoms with Gasteiger partial charge in [0.2, 0.25) is 0 Å². The van der Waals surface area contributed by atoms with Gasteiger partial charge in [-0.25, -0.2) is 4.79 Å². The summed E-state index contributed by atoms with van der Waals surface area (Å²) in [5.41, 5.74) is 5.63. The van der Waals surface area contributed by atoms with Crippen LogP contribution < -0.4 is 15.8 Å². The van der Waals surface area contributed by atoms with E-state index in [-0.39, 0.29) is 5.84 Å². The molecule has 1 atom stereocenters. The Balaban J connectivity index is 2.93. The molecule has 116 valence electrons. The first kappa shape index (κ1) is 16.6. The number of carbonyl (C=O) groups excluding carboxylic acids is 1. The lowest BCUT2D eigenvalue weighted by molar-refractivity contribution is 0.0517.